The molecule has 5 heteroatoms. The van der Waals surface area contributed by atoms with Gasteiger partial charge in [0.2, 0.25) is 0 Å². The number of fused-ring (bicyclic) bond motifs is 2. The normalized spacial score (nSPS) is 20.3. The molecule has 0 unspecified atom stereocenters. The number of piperazine rings is 1. The first-order valence-electron chi connectivity index (χ1n) is 14.2. The van der Waals surface area contributed by atoms with Crippen molar-refractivity contribution in [2.24, 2.45) is 5.92 Å². The van der Waals surface area contributed by atoms with Crippen LogP contribution in [0.2, 0.25) is 0 Å². The zero-order valence-electron chi connectivity index (χ0n) is 24.0. The quantitative estimate of drug-likeness (QED) is 0.300. The maximum atomic E-state index is 5.31. The lowest BCUT2D eigenvalue weighted by Crippen LogP contribution is -2.50. The van der Waals surface area contributed by atoms with E-state index in [0.29, 0.717) is 6.04 Å². The van der Waals surface area contributed by atoms with Gasteiger partial charge >= 0.3 is 0 Å². The summed E-state index contributed by atoms with van der Waals surface area (Å²) in [6, 6.07) is 18.5. The van der Waals surface area contributed by atoms with Crippen LogP contribution in [0.25, 0.3) is 33.5 Å². The molecule has 6 rings (SSSR count). The smallest absolute Gasteiger partial charge is 0.119 e. The lowest BCUT2D eigenvalue weighted by Gasteiger charge is -2.38. The van der Waals surface area contributed by atoms with Gasteiger partial charge in [0, 0.05) is 49.0 Å². The fraction of sp³-hybridized carbons (Fsp3) is 0.455. The molecule has 0 aliphatic carbocycles. The Bertz CT molecular complexity index is 1490. The summed E-state index contributed by atoms with van der Waals surface area (Å²) in [7, 11) is 0. The third kappa shape index (κ3) is 4.31. The Morgan fingerprint density at radius 1 is 0.868 bits per heavy atom. The molecule has 0 amide bonds. The number of anilines is 1. The SMILES string of the molecule is Cc1cc2c(nc1-c1cccc(C)c1C)c(-c1ccc(N3CCN4C[C@H](C)C[C@H]4C3)cc1)nn2C(C)(C)C. The molecule has 2 fully saturated rings. The molecule has 2 aromatic heterocycles. The zero-order valence-corrected chi connectivity index (χ0v) is 24.0. The summed E-state index contributed by atoms with van der Waals surface area (Å²) in [6.45, 7) is 20.2. The Balaban J connectivity index is 1.41. The van der Waals surface area contributed by atoms with Gasteiger partial charge in [0.05, 0.1) is 16.7 Å². The van der Waals surface area contributed by atoms with Crippen LogP contribution in [0, 0.1) is 26.7 Å². The Labute approximate surface area is 227 Å². The molecule has 0 radical (unpaired) electrons. The monoisotopic (exact) mass is 507 g/mol. The zero-order chi connectivity index (χ0) is 26.8. The molecule has 4 heterocycles. The van der Waals surface area contributed by atoms with Gasteiger partial charge in [-0.05, 0) is 88.8 Å². The number of hydrogen-bond donors (Lipinski definition) is 0. The summed E-state index contributed by atoms with van der Waals surface area (Å²) >= 11 is 0. The van der Waals surface area contributed by atoms with Crippen molar-refractivity contribution >= 4 is 16.7 Å². The number of aryl methyl sites for hydroxylation is 2. The highest BCUT2D eigenvalue weighted by molar-refractivity contribution is 5.93. The van der Waals surface area contributed by atoms with Crippen molar-refractivity contribution in [2.45, 2.75) is 66.5 Å². The van der Waals surface area contributed by atoms with Crippen LogP contribution in [0.15, 0.2) is 48.5 Å². The molecular weight excluding hydrogens is 466 g/mol. The summed E-state index contributed by atoms with van der Waals surface area (Å²) < 4.78 is 2.15. The second-order valence-corrected chi connectivity index (χ2v) is 12.7. The van der Waals surface area contributed by atoms with Crippen molar-refractivity contribution < 1.29 is 0 Å². The molecule has 0 N–H and O–H groups in total. The molecular formula is C33H41N5. The average molecular weight is 508 g/mol. The minimum atomic E-state index is -0.149. The van der Waals surface area contributed by atoms with E-state index < -0.39 is 0 Å². The van der Waals surface area contributed by atoms with Crippen molar-refractivity contribution in [3.05, 3.63) is 65.2 Å². The Kier molecular flexibility index (Phi) is 6.10. The van der Waals surface area contributed by atoms with E-state index in [9.17, 15) is 0 Å². The van der Waals surface area contributed by atoms with E-state index >= 15 is 0 Å². The highest BCUT2D eigenvalue weighted by Gasteiger charge is 2.34. The molecule has 2 aliphatic rings. The first-order valence-corrected chi connectivity index (χ1v) is 14.2. The molecule has 198 valence electrons. The third-order valence-electron chi connectivity index (χ3n) is 8.67. The number of nitrogens with zero attached hydrogens (tertiary/aromatic N) is 5. The number of rotatable bonds is 3. The van der Waals surface area contributed by atoms with Gasteiger partial charge in [-0.15, -0.1) is 0 Å². The maximum absolute atomic E-state index is 5.31. The van der Waals surface area contributed by atoms with E-state index in [2.05, 4.69) is 111 Å². The van der Waals surface area contributed by atoms with E-state index in [1.165, 1.54) is 47.5 Å². The Morgan fingerprint density at radius 3 is 2.37 bits per heavy atom. The van der Waals surface area contributed by atoms with E-state index in [0.717, 1.165) is 47.0 Å². The van der Waals surface area contributed by atoms with Crippen LogP contribution in [0.4, 0.5) is 5.69 Å². The second kappa shape index (κ2) is 9.23. The standard InChI is InChI=1S/C33H41N5/c1-21-17-27-20-37(16-15-36(27)19-21)26-13-11-25(12-14-26)31-32-29(38(35-31)33(5,6)7)18-23(3)30(34-32)28-10-8-9-22(2)24(28)4/h8-14,18,21,27H,15-17,19-20H2,1-7H3/t21-,27+/m1/s1. The summed E-state index contributed by atoms with van der Waals surface area (Å²) in [5.74, 6) is 0.818. The van der Waals surface area contributed by atoms with Gasteiger partial charge in [-0.2, -0.15) is 5.10 Å². The predicted molar refractivity (Wildman–Crippen MR) is 159 cm³/mol. The van der Waals surface area contributed by atoms with Crippen LogP contribution in [-0.2, 0) is 5.54 Å². The highest BCUT2D eigenvalue weighted by atomic mass is 15.3. The summed E-state index contributed by atoms with van der Waals surface area (Å²) in [4.78, 5) is 10.6. The van der Waals surface area contributed by atoms with Gasteiger partial charge in [-0.3, -0.25) is 9.58 Å². The first-order chi connectivity index (χ1) is 18.1. The van der Waals surface area contributed by atoms with Crippen molar-refractivity contribution in [3.8, 4) is 22.5 Å². The molecule has 0 spiro atoms. The minimum Gasteiger partial charge on any atom is -0.369 e. The van der Waals surface area contributed by atoms with Crippen LogP contribution >= 0.6 is 0 Å². The van der Waals surface area contributed by atoms with Gasteiger partial charge in [0.15, 0.2) is 0 Å². The molecule has 38 heavy (non-hydrogen) atoms. The van der Waals surface area contributed by atoms with Crippen LogP contribution in [0.5, 0.6) is 0 Å². The molecule has 2 aliphatic heterocycles. The van der Waals surface area contributed by atoms with Crippen molar-refractivity contribution in [1.29, 1.82) is 0 Å². The molecule has 4 aromatic rings. The van der Waals surface area contributed by atoms with Crippen molar-refractivity contribution in [3.63, 3.8) is 0 Å². The molecule has 5 nitrogen and oxygen atoms in total. The molecule has 2 saturated heterocycles. The van der Waals surface area contributed by atoms with Crippen molar-refractivity contribution in [1.82, 2.24) is 19.7 Å². The largest absolute Gasteiger partial charge is 0.369 e. The molecule has 0 saturated carbocycles. The topological polar surface area (TPSA) is 37.2 Å². The van der Waals surface area contributed by atoms with Crippen LogP contribution in [0.3, 0.4) is 0 Å². The minimum absolute atomic E-state index is 0.149. The average Bonchev–Trinajstić information content (AvgIpc) is 3.44. The number of aromatic nitrogens is 3. The molecule has 2 aromatic carbocycles. The van der Waals surface area contributed by atoms with E-state index in [1.54, 1.807) is 0 Å². The highest BCUT2D eigenvalue weighted by Crippen LogP contribution is 2.36. The number of hydrogen-bond acceptors (Lipinski definition) is 4. The lowest BCUT2D eigenvalue weighted by atomic mass is 9.97. The summed E-state index contributed by atoms with van der Waals surface area (Å²) in [6.07, 6.45) is 1.32. The number of benzene rings is 2. The van der Waals surface area contributed by atoms with Gasteiger partial charge < -0.3 is 4.90 Å². The third-order valence-corrected chi connectivity index (χ3v) is 8.67. The first kappa shape index (κ1) is 25.1. The number of pyridine rings is 1. The summed E-state index contributed by atoms with van der Waals surface area (Å²) in [5, 5.41) is 5.17. The Morgan fingerprint density at radius 2 is 1.63 bits per heavy atom. The summed E-state index contributed by atoms with van der Waals surface area (Å²) in [5.41, 5.74) is 11.3. The van der Waals surface area contributed by atoms with Gasteiger partial charge in [0.25, 0.3) is 0 Å². The van der Waals surface area contributed by atoms with Gasteiger partial charge in [0.1, 0.15) is 11.2 Å². The fourth-order valence-corrected chi connectivity index (χ4v) is 6.48. The molecule has 2 atom stereocenters. The van der Waals surface area contributed by atoms with E-state index in [-0.39, 0.29) is 5.54 Å². The van der Waals surface area contributed by atoms with Crippen molar-refractivity contribution in [2.75, 3.05) is 31.1 Å². The molecule has 0 bridgehead atoms. The van der Waals surface area contributed by atoms with Crippen LogP contribution in [0.1, 0.15) is 50.8 Å². The fourth-order valence-electron chi connectivity index (χ4n) is 6.48. The van der Waals surface area contributed by atoms with Crippen LogP contribution in [-0.4, -0.2) is 51.9 Å². The van der Waals surface area contributed by atoms with Crippen LogP contribution < -0.4 is 4.90 Å². The van der Waals surface area contributed by atoms with Gasteiger partial charge in [-0.25, -0.2) is 4.98 Å². The second-order valence-electron chi connectivity index (χ2n) is 12.7. The van der Waals surface area contributed by atoms with E-state index in [4.69, 9.17) is 10.1 Å². The maximum Gasteiger partial charge on any atom is 0.119 e. The Hall–Kier alpha value is -3.18. The van der Waals surface area contributed by atoms with Gasteiger partial charge in [-0.1, -0.05) is 37.3 Å². The predicted octanol–water partition coefficient (Wildman–Crippen LogP) is 6.98. The van der Waals surface area contributed by atoms with E-state index in [1.807, 2.05) is 0 Å². The lowest BCUT2D eigenvalue weighted by molar-refractivity contribution is 0.229.